The number of hydrogen-bond donors (Lipinski definition) is 0. The van der Waals surface area contributed by atoms with Crippen molar-refractivity contribution in [3.63, 3.8) is 0 Å². The van der Waals surface area contributed by atoms with E-state index in [0.717, 1.165) is 6.42 Å². The molecule has 1 aromatic heterocycles. The SMILES string of the molecule is CCCC(=O)Cc1nc(C2CCS(=O)(=O)C2)no1. The summed E-state index contributed by atoms with van der Waals surface area (Å²) < 4.78 is 27.7. The van der Waals surface area contributed by atoms with E-state index in [2.05, 4.69) is 10.1 Å². The summed E-state index contributed by atoms with van der Waals surface area (Å²) in [5, 5.41) is 3.77. The third kappa shape index (κ3) is 3.16. The van der Waals surface area contributed by atoms with Crippen LogP contribution in [0.25, 0.3) is 0 Å². The Morgan fingerprint density at radius 1 is 1.50 bits per heavy atom. The fourth-order valence-electron chi connectivity index (χ4n) is 2.04. The third-order valence-electron chi connectivity index (χ3n) is 2.96. The Morgan fingerprint density at radius 3 is 2.89 bits per heavy atom. The molecule has 18 heavy (non-hydrogen) atoms. The quantitative estimate of drug-likeness (QED) is 0.790. The Balaban J connectivity index is 2.00. The molecule has 1 atom stereocenters. The van der Waals surface area contributed by atoms with Crippen LogP contribution in [0.15, 0.2) is 4.52 Å². The molecule has 1 aliphatic heterocycles. The molecule has 7 heteroatoms. The van der Waals surface area contributed by atoms with Gasteiger partial charge in [-0.25, -0.2) is 8.42 Å². The first-order valence-electron chi connectivity index (χ1n) is 6.05. The van der Waals surface area contributed by atoms with Gasteiger partial charge >= 0.3 is 0 Å². The number of aromatic nitrogens is 2. The van der Waals surface area contributed by atoms with E-state index in [1.54, 1.807) is 0 Å². The van der Waals surface area contributed by atoms with Crippen molar-refractivity contribution < 1.29 is 17.7 Å². The molecule has 1 aliphatic rings. The molecule has 6 nitrogen and oxygen atoms in total. The Morgan fingerprint density at radius 2 is 2.28 bits per heavy atom. The Labute approximate surface area is 106 Å². The van der Waals surface area contributed by atoms with Crippen LogP contribution in [0.4, 0.5) is 0 Å². The summed E-state index contributed by atoms with van der Waals surface area (Å²) in [6.45, 7) is 1.93. The maximum Gasteiger partial charge on any atom is 0.234 e. The normalized spacial score (nSPS) is 22.2. The molecule has 0 spiro atoms. The van der Waals surface area contributed by atoms with Crippen molar-refractivity contribution >= 4 is 15.6 Å². The number of nitrogens with zero attached hydrogens (tertiary/aromatic N) is 2. The lowest BCUT2D eigenvalue weighted by Gasteiger charge is -1.98. The van der Waals surface area contributed by atoms with Gasteiger partial charge in [-0.1, -0.05) is 12.1 Å². The minimum absolute atomic E-state index is 0.0618. The van der Waals surface area contributed by atoms with Gasteiger partial charge in [0.15, 0.2) is 15.7 Å². The second kappa shape index (κ2) is 5.17. The average Bonchev–Trinajstić information content (AvgIpc) is 2.85. The van der Waals surface area contributed by atoms with Gasteiger partial charge in [0.05, 0.1) is 17.9 Å². The van der Waals surface area contributed by atoms with E-state index in [9.17, 15) is 13.2 Å². The van der Waals surface area contributed by atoms with Crippen LogP contribution in [0.2, 0.25) is 0 Å². The topological polar surface area (TPSA) is 90.1 Å². The summed E-state index contributed by atoms with van der Waals surface area (Å²) in [7, 11) is -2.95. The van der Waals surface area contributed by atoms with Crippen molar-refractivity contribution in [2.75, 3.05) is 11.5 Å². The van der Waals surface area contributed by atoms with Crippen molar-refractivity contribution in [2.24, 2.45) is 0 Å². The standard InChI is InChI=1S/C11H16N2O4S/c1-2-3-9(14)6-10-12-11(13-17-10)8-4-5-18(15,16)7-8/h8H,2-7H2,1H3. The Kier molecular flexibility index (Phi) is 3.79. The molecule has 2 heterocycles. The first kappa shape index (κ1) is 13.2. The van der Waals surface area contributed by atoms with Crippen molar-refractivity contribution in [3.05, 3.63) is 11.7 Å². The molecule has 0 amide bonds. The molecule has 1 aromatic rings. The van der Waals surface area contributed by atoms with Crippen LogP contribution < -0.4 is 0 Å². The van der Waals surface area contributed by atoms with E-state index < -0.39 is 9.84 Å². The lowest BCUT2D eigenvalue weighted by molar-refractivity contribution is -0.118. The highest BCUT2D eigenvalue weighted by Gasteiger charge is 2.32. The van der Waals surface area contributed by atoms with Gasteiger partial charge in [0, 0.05) is 12.3 Å². The predicted molar refractivity (Wildman–Crippen MR) is 63.9 cm³/mol. The number of Topliss-reactive ketones (excluding diaryl/α,β-unsaturated/α-hetero) is 1. The van der Waals surface area contributed by atoms with E-state index in [1.807, 2.05) is 6.92 Å². The molecule has 0 N–H and O–H groups in total. The zero-order valence-corrected chi connectivity index (χ0v) is 11.1. The average molecular weight is 272 g/mol. The van der Waals surface area contributed by atoms with Gasteiger partial charge in [-0.05, 0) is 12.8 Å². The van der Waals surface area contributed by atoms with Crippen LogP contribution in [-0.4, -0.2) is 35.8 Å². The zero-order valence-electron chi connectivity index (χ0n) is 10.3. The number of sulfone groups is 1. The molecule has 0 bridgehead atoms. The van der Waals surface area contributed by atoms with Crippen molar-refractivity contribution in [1.82, 2.24) is 10.1 Å². The van der Waals surface area contributed by atoms with Crippen molar-refractivity contribution in [2.45, 2.75) is 38.5 Å². The first-order chi connectivity index (χ1) is 8.50. The molecule has 0 radical (unpaired) electrons. The van der Waals surface area contributed by atoms with Crippen LogP contribution in [0.1, 0.15) is 43.8 Å². The number of carbonyl (C=O) groups excluding carboxylic acids is 1. The second-order valence-corrected chi connectivity index (χ2v) is 6.84. The van der Waals surface area contributed by atoms with E-state index >= 15 is 0 Å². The van der Waals surface area contributed by atoms with Crippen molar-refractivity contribution in [1.29, 1.82) is 0 Å². The minimum Gasteiger partial charge on any atom is -0.339 e. The number of hydrogen-bond acceptors (Lipinski definition) is 6. The lowest BCUT2D eigenvalue weighted by atomic mass is 10.1. The maximum absolute atomic E-state index is 11.4. The highest BCUT2D eigenvalue weighted by molar-refractivity contribution is 7.91. The fraction of sp³-hybridized carbons (Fsp3) is 0.727. The highest BCUT2D eigenvalue weighted by atomic mass is 32.2. The van der Waals surface area contributed by atoms with Crippen LogP contribution in [0, 0.1) is 0 Å². The maximum atomic E-state index is 11.4. The molecule has 100 valence electrons. The van der Waals surface area contributed by atoms with E-state index in [-0.39, 0.29) is 35.5 Å². The summed E-state index contributed by atoms with van der Waals surface area (Å²) in [5.74, 6) is 0.828. The molecule has 1 saturated heterocycles. The first-order valence-corrected chi connectivity index (χ1v) is 7.87. The third-order valence-corrected chi connectivity index (χ3v) is 4.73. The molecular formula is C11H16N2O4S. The summed E-state index contributed by atoms with van der Waals surface area (Å²) in [6.07, 6.45) is 1.96. The summed E-state index contributed by atoms with van der Waals surface area (Å²) in [4.78, 5) is 15.5. The largest absolute Gasteiger partial charge is 0.339 e. The summed E-state index contributed by atoms with van der Waals surface area (Å²) >= 11 is 0. The van der Waals surface area contributed by atoms with Gasteiger partial charge < -0.3 is 4.52 Å². The van der Waals surface area contributed by atoms with Crippen LogP contribution in [-0.2, 0) is 21.1 Å². The highest BCUT2D eigenvalue weighted by Crippen LogP contribution is 2.26. The van der Waals surface area contributed by atoms with E-state index in [1.165, 1.54) is 0 Å². The van der Waals surface area contributed by atoms with Crippen LogP contribution in [0.5, 0.6) is 0 Å². The summed E-state index contributed by atoms with van der Waals surface area (Å²) in [6, 6.07) is 0. The predicted octanol–water partition coefficient (Wildman–Crippen LogP) is 0.883. The fourth-order valence-corrected chi connectivity index (χ4v) is 3.78. The van der Waals surface area contributed by atoms with Gasteiger partial charge in [-0.3, -0.25) is 4.79 Å². The molecule has 1 unspecified atom stereocenters. The lowest BCUT2D eigenvalue weighted by Crippen LogP contribution is -2.06. The molecular weight excluding hydrogens is 256 g/mol. The van der Waals surface area contributed by atoms with Gasteiger partial charge in [-0.15, -0.1) is 0 Å². The molecule has 0 aliphatic carbocycles. The van der Waals surface area contributed by atoms with Gasteiger partial charge in [0.1, 0.15) is 5.78 Å². The number of carbonyl (C=O) groups is 1. The molecule has 1 fully saturated rings. The van der Waals surface area contributed by atoms with Crippen molar-refractivity contribution in [3.8, 4) is 0 Å². The molecule has 2 rings (SSSR count). The molecule has 0 saturated carbocycles. The smallest absolute Gasteiger partial charge is 0.234 e. The van der Waals surface area contributed by atoms with Crippen LogP contribution >= 0.6 is 0 Å². The van der Waals surface area contributed by atoms with Gasteiger partial charge in [-0.2, -0.15) is 4.98 Å². The van der Waals surface area contributed by atoms with Gasteiger partial charge in [0.2, 0.25) is 5.89 Å². The van der Waals surface area contributed by atoms with Gasteiger partial charge in [0.25, 0.3) is 0 Å². The summed E-state index contributed by atoms with van der Waals surface area (Å²) in [5.41, 5.74) is 0. The monoisotopic (exact) mass is 272 g/mol. The Bertz CT molecular complexity index is 535. The second-order valence-electron chi connectivity index (χ2n) is 4.61. The molecule has 0 aromatic carbocycles. The van der Waals surface area contributed by atoms with Crippen LogP contribution in [0.3, 0.4) is 0 Å². The Hall–Kier alpha value is -1.24. The van der Waals surface area contributed by atoms with E-state index in [0.29, 0.717) is 18.7 Å². The number of rotatable bonds is 5. The zero-order chi connectivity index (χ0) is 13.2. The minimum atomic E-state index is -2.95. The number of ketones is 1. The van der Waals surface area contributed by atoms with E-state index in [4.69, 9.17) is 4.52 Å².